The van der Waals surface area contributed by atoms with E-state index in [4.69, 9.17) is 9.84 Å². The van der Waals surface area contributed by atoms with E-state index in [1.807, 2.05) is 36.4 Å². The first-order valence-corrected chi connectivity index (χ1v) is 8.85. The molecule has 0 bridgehead atoms. The second-order valence-corrected chi connectivity index (χ2v) is 6.48. The fraction of sp³-hybridized carbons (Fsp3) is 0.273. The van der Waals surface area contributed by atoms with Crippen molar-refractivity contribution in [3.8, 4) is 17.6 Å². The third kappa shape index (κ3) is 4.68. The van der Waals surface area contributed by atoms with Gasteiger partial charge in [0.05, 0.1) is 13.0 Å². The molecule has 138 valence electrons. The van der Waals surface area contributed by atoms with Crippen molar-refractivity contribution in [3.63, 3.8) is 0 Å². The molecule has 1 aliphatic heterocycles. The molecule has 1 heterocycles. The molecule has 1 fully saturated rings. The number of carboxylic acids is 1. The van der Waals surface area contributed by atoms with Crippen LogP contribution in [0.4, 0.5) is 0 Å². The molecule has 1 aliphatic rings. The summed E-state index contributed by atoms with van der Waals surface area (Å²) in [5.74, 6) is 5.49. The summed E-state index contributed by atoms with van der Waals surface area (Å²) in [6.45, 7) is 0.870. The van der Waals surface area contributed by atoms with E-state index in [-0.39, 0.29) is 12.5 Å². The average Bonchev–Trinajstić information content (AvgIpc) is 2.72. The Balaban J connectivity index is 1.67. The predicted molar refractivity (Wildman–Crippen MR) is 102 cm³/mol. The number of piperidine rings is 1. The fourth-order valence-electron chi connectivity index (χ4n) is 3.06. The normalized spacial score (nSPS) is 16.2. The third-order valence-electron chi connectivity index (χ3n) is 4.63. The molecule has 3 rings (SSSR count). The van der Waals surface area contributed by atoms with E-state index >= 15 is 0 Å². The lowest BCUT2D eigenvalue weighted by Crippen LogP contribution is -2.42. The molecule has 5 heteroatoms. The van der Waals surface area contributed by atoms with Crippen molar-refractivity contribution in [1.82, 2.24) is 4.90 Å². The number of methoxy groups -OCH3 is 1. The first kappa shape index (κ1) is 18.5. The van der Waals surface area contributed by atoms with Crippen molar-refractivity contribution >= 4 is 11.9 Å². The van der Waals surface area contributed by atoms with E-state index in [9.17, 15) is 9.59 Å². The zero-order valence-electron chi connectivity index (χ0n) is 15.1. The summed E-state index contributed by atoms with van der Waals surface area (Å²) in [7, 11) is 1.62. The number of carbonyl (C=O) groups is 2. The largest absolute Gasteiger partial charge is 0.497 e. The molecule has 0 aromatic heterocycles. The van der Waals surface area contributed by atoms with E-state index in [2.05, 4.69) is 11.8 Å². The number of rotatable bonds is 3. The van der Waals surface area contributed by atoms with Gasteiger partial charge in [-0.05, 0) is 61.4 Å². The summed E-state index contributed by atoms with van der Waals surface area (Å²) in [5, 5.41) is 9.17. The number of aliphatic carboxylic acids is 1. The van der Waals surface area contributed by atoms with Crippen molar-refractivity contribution in [2.45, 2.75) is 12.8 Å². The smallest absolute Gasteiger partial charge is 0.308 e. The van der Waals surface area contributed by atoms with Crippen molar-refractivity contribution in [2.24, 2.45) is 5.92 Å². The number of nitrogens with zero attached hydrogens (tertiary/aromatic N) is 1. The van der Waals surface area contributed by atoms with Crippen LogP contribution in [0, 0.1) is 17.8 Å². The van der Waals surface area contributed by atoms with Gasteiger partial charge in [0.25, 0.3) is 5.91 Å². The summed E-state index contributed by atoms with van der Waals surface area (Å²) >= 11 is 0. The highest BCUT2D eigenvalue weighted by molar-refractivity contribution is 5.94. The minimum absolute atomic E-state index is 0.129. The number of hydrogen-bond acceptors (Lipinski definition) is 3. The highest BCUT2D eigenvalue weighted by Gasteiger charge is 2.28. The summed E-state index contributed by atoms with van der Waals surface area (Å²) in [5.41, 5.74) is 2.24. The minimum atomic E-state index is -0.836. The minimum Gasteiger partial charge on any atom is -0.497 e. The first-order chi connectivity index (χ1) is 13.1. The molecule has 1 atom stereocenters. The lowest BCUT2D eigenvalue weighted by Gasteiger charge is -2.30. The Labute approximate surface area is 158 Å². The molecule has 2 aromatic rings. The van der Waals surface area contributed by atoms with Crippen LogP contribution in [0.15, 0.2) is 48.5 Å². The number of likely N-dealkylation sites (tertiary alicyclic amines) is 1. The summed E-state index contributed by atoms with van der Waals surface area (Å²) in [6.07, 6.45) is 1.34. The van der Waals surface area contributed by atoms with Gasteiger partial charge in [-0.25, -0.2) is 0 Å². The topological polar surface area (TPSA) is 66.8 Å². The maximum Gasteiger partial charge on any atom is 0.308 e. The first-order valence-electron chi connectivity index (χ1n) is 8.85. The number of carbonyl (C=O) groups excluding carboxylic acids is 1. The molecule has 2 aromatic carbocycles. The molecule has 1 amide bonds. The maximum atomic E-state index is 12.6. The molecule has 1 saturated heterocycles. The van der Waals surface area contributed by atoms with Crippen LogP contribution < -0.4 is 4.74 Å². The van der Waals surface area contributed by atoms with E-state index in [1.54, 1.807) is 24.1 Å². The number of amides is 1. The molecule has 0 radical (unpaired) electrons. The van der Waals surface area contributed by atoms with Gasteiger partial charge in [-0.15, -0.1) is 0 Å². The van der Waals surface area contributed by atoms with Crippen molar-refractivity contribution in [3.05, 3.63) is 65.2 Å². The highest BCUT2D eigenvalue weighted by atomic mass is 16.5. The Kier molecular flexibility index (Phi) is 5.77. The third-order valence-corrected chi connectivity index (χ3v) is 4.63. The molecule has 1 N–H and O–H groups in total. The van der Waals surface area contributed by atoms with E-state index in [0.29, 0.717) is 24.9 Å². The monoisotopic (exact) mass is 363 g/mol. The Bertz CT molecular complexity index is 875. The Hall–Kier alpha value is -3.26. The fourth-order valence-corrected chi connectivity index (χ4v) is 3.06. The number of carboxylic acid groups (broad SMARTS) is 1. The lowest BCUT2D eigenvalue weighted by atomic mass is 9.97. The zero-order chi connectivity index (χ0) is 19.2. The van der Waals surface area contributed by atoms with E-state index in [1.165, 1.54) is 0 Å². The molecule has 0 spiro atoms. The molecular weight excluding hydrogens is 342 g/mol. The van der Waals surface area contributed by atoms with Gasteiger partial charge in [-0.2, -0.15) is 0 Å². The molecule has 1 unspecified atom stereocenters. The van der Waals surface area contributed by atoms with Gasteiger partial charge in [0, 0.05) is 29.8 Å². The van der Waals surface area contributed by atoms with Crippen LogP contribution in [0.25, 0.3) is 0 Å². The van der Waals surface area contributed by atoms with Crippen molar-refractivity contribution in [2.75, 3.05) is 20.2 Å². The zero-order valence-corrected chi connectivity index (χ0v) is 15.1. The number of ether oxygens (including phenoxy) is 1. The van der Waals surface area contributed by atoms with Gasteiger partial charge < -0.3 is 14.7 Å². The van der Waals surface area contributed by atoms with Crippen LogP contribution in [0.2, 0.25) is 0 Å². The van der Waals surface area contributed by atoms with Gasteiger partial charge >= 0.3 is 5.97 Å². The predicted octanol–water partition coefficient (Wildman–Crippen LogP) is 3.03. The highest BCUT2D eigenvalue weighted by Crippen LogP contribution is 2.19. The van der Waals surface area contributed by atoms with Crippen molar-refractivity contribution in [1.29, 1.82) is 0 Å². The maximum absolute atomic E-state index is 12.6. The SMILES string of the molecule is COc1ccc(C#Cc2ccc(C(=O)N3CCCC(C(=O)O)C3)cc2)cc1. The van der Waals surface area contributed by atoms with Crippen LogP contribution in [0.1, 0.15) is 34.3 Å². The summed E-state index contributed by atoms with van der Waals surface area (Å²) in [6, 6.07) is 14.6. The van der Waals surface area contributed by atoms with Crippen molar-refractivity contribution < 1.29 is 19.4 Å². The molecule has 0 saturated carbocycles. The van der Waals surface area contributed by atoms with Gasteiger partial charge in [0.1, 0.15) is 5.75 Å². The molecule has 0 aliphatic carbocycles. The quantitative estimate of drug-likeness (QED) is 0.852. The average molecular weight is 363 g/mol. The van der Waals surface area contributed by atoms with Crippen LogP contribution in [0.3, 0.4) is 0 Å². The Morgan fingerprint density at radius 1 is 1.04 bits per heavy atom. The van der Waals surface area contributed by atoms with Crippen LogP contribution in [-0.2, 0) is 4.79 Å². The Morgan fingerprint density at radius 3 is 2.19 bits per heavy atom. The second-order valence-electron chi connectivity index (χ2n) is 6.48. The summed E-state index contributed by atoms with van der Waals surface area (Å²) < 4.78 is 5.12. The second kappa shape index (κ2) is 8.41. The van der Waals surface area contributed by atoms with Gasteiger partial charge in [0.15, 0.2) is 0 Å². The number of hydrogen-bond donors (Lipinski definition) is 1. The number of benzene rings is 2. The summed E-state index contributed by atoms with van der Waals surface area (Å²) in [4.78, 5) is 25.4. The molecule has 27 heavy (non-hydrogen) atoms. The van der Waals surface area contributed by atoms with Crippen LogP contribution in [0.5, 0.6) is 5.75 Å². The van der Waals surface area contributed by atoms with Crippen LogP contribution >= 0.6 is 0 Å². The van der Waals surface area contributed by atoms with E-state index in [0.717, 1.165) is 16.9 Å². The Morgan fingerprint density at radius 2 is 1.63 bits per heavy atom. The van der Waals surface area contributed by atoms with Gasteiger partial charge in [-0.1, -0.05) is 11.8 Å². The van der Waals surface area contributed by atoms with Gasteiger partial charge in [-0.3, -0.25) is 9.59 Å². The van der Waals surface area contributed by atoms with Crippen LogP contribution in [-0.4, -0.2) is 42.1 Å². The van der Waals surface area contributed by atoms with Gasteiger partial charge in [0.2, 0.25) is 0 Å². The standard InChI is InChI=1S/C22H21NO4/c1-27-20-12-8-17(9-13-20)5-4-16-6-10-18(11-7-16)21(24)23-14-2-3-19(15-23)22(25)26/h6-13,19H,2-3,14-15H2,1H3,(H,25,26). The van der Waals surface area contributed by atoms with E-state index < -0.39 is 11.9 Å². The molecular formula is C22H21NO4. The molecule has 5 nitrogen and oxygen atoms in total. The lowest BCUT2D eigenvalue weighted by molar-refractivity contribution is -0.143.